The molecule has 0 amide bonds. The van der Waals surface area contributed by atoms with Crippen LogP contribution in [0.5, 0.6) is 0 Å². The minimum Gasteiger partial charge on any atom is -0.478 e. The van der Waals surface area contributed by atoms with Gasteiger partial charge in [-0.05, 0) is 19.8 Å². The SMILES string of the molecule is CCC(CC)N(CC=C(C)C(=O)O)CCO. The van der Waals surface area contributed by atoms with Gasteiger partial charge in [0.15, 0.2) is 0 Å². The second-order valence-corrected chi connectivity index (χ2v) is 3.88. The Hall–Kier alpha value is -0.870. The first-order chi connectivity index (χ1) is 7.56. The number of rotatable bonds is 8. The van der Waals surface area contributed by atoms with E-state index in [1.807, 2.05) is 0 Å². The molecule has 0 unspecified atom stereocenters. The van der Waals surface area contributed by atoms with Crippen molar-refractivity contribution in [3.63, 3.8) is 0 Å². The first-order valence-corrected chi connectivity index (χ1v) is 5.81. The van der Waals surface area contributed by atoms with Gasteiger partial charge in [0.25, 0.3) is 0 Å². The van der Waals surface area contributed by atoms with Crippen LogP contribution >= 0.6 is 0 Å². The van der Waals surface area contributed by atoms with Gasteiger partial charge in [0.05, 0.1) is 6.61 Å². The number of aliphatic carboxylic acids is 1. The van der Waals surface area contributed by atoms with Gasteiger partial charge in [0.1, 0.15) is 0 Å². The number of nitrogens with zero attached hydrogens (tertiary/aromatic N) is 1. The van der Waals surface area contributed by atoms with E-state index in [9.17, 15) is 4.79 Å². The predicted molar refractivity (Wildman–Crippen MR) is 64.4 cm³/mol. The first-order valence-electron chi connectivity index (χ1n) is 5.81. The second kappa shape index (κ2) is 8.30. The number of hydrogen-bond acceptors (Lipinski definition) is 3. The molecule has 0 aliphatic heterocycles. The maximum atomic E-state index is 10.6. The summed E-state index contributed by atoms with van der Waals surface area (Å²) >= 11 is 0. The fourth-order valence-corrected chi connectivity index (χ4v) is 1.70. The number of carboxylic acids is 1. The smallest absolute Gasteiger partial charge is 0.330 e. The highest BCUT2D eigenvalue weighted by molar-refractivity contribution is 5.85. The molecule has 0 aromatic carbocycles. The van der Waals surface area contributed by atoms with Crippen molar-refractivity contribution in [3.05, 3.63) is 11.6 Å². The summed E-state index contributed by atoms with van der Waals surface area (Å²) in [5.41, 5.74) is 0.355. The van der Waals surface area contributed by atoms with E-state index in [0.29, 0.717) is 24.7 Å². The molecular formula is C12H23NO3. The molecule has 0 aromatic rings. The van der Waals surface area contributed by atoms with Crippen LogP contribution in [-0.4, -0.2) is 46.8 Å². The van der Waals surface area contributed by atoms with Gasteiger partial charge in [0.2, 0.25) is 0 Å². The molecule has 0 aromatic heterocycles. The van der Waals surface area contributed by atoms with Crippen molar-refractivity contribution in [3.8, 4) is 0 Å². The van der Waals surface area contributed by atoms with Crippen molar-refractivity contribution in [1.29, 1.82) is 0 Å². The van der Waals surface area contributed by atoms with Crippen LogP contribution in [0.4, 0.5) is 0 Å². The highest BCUT2D eigenvalue weighted by Crippen LogP contribution is 2.08. The van der Waals surface area contributed by atoms with E-state index < -0.39 is 5.97 Å². The average molecular weight is 229 g/mol. The summed E-state index contributed by atoms with van der Waals surface area (Å²) in [7, 11) is 0. The topological polar surface area (TPSA) is 60.8 Å². The summed E-state index contributed by atoms with van der Waals surface area (Å²) in [4.78, 5) is 12.8. The molecule has 0 saturated carbocycles. The van der Waals surface area contributed by atoms with Crippen molar-refractivity contribution in [2.75, 3.05) is 19.7 Å². The molecule has 0 bridgehead atoms. The van der Waals surface area contributed by atoms with Crippen molar-refractivity contribution in [2.24, 2.45) is 0 Å². The number of aliphatic hydroxyl groups excluding tert-OH is 1. The van der Waals surface area contributed by atoms with Crippen LogP contribution in [0.25, 0.3) is 0 Å². The molecule has 0 atom stereocenters. The summed E-state index contributed by atoms with van der Waals surface area (Å²) in [5, 5.41) is 17.7. The second-order valence-electron chi connectivity index (χ2n) is 3.88. The van der Waals surface area contributed by atoms with Crippen molar-refractivity contribution in [2.45, 2.75) is 39.7 Å². The molecule has 16 heavy (non-hydrogen) atoms. The summed E-state index contributed by atoms with van der Waals surface area (Å²) in [5.74, 6) is -0.881. The third-order valence-electron chi connectivity index (χ3n) is 2.82. The summed E-state index contributed by atoms with van der Waals surface area (Å²) in [6.07, 6.45) is 3.73. The van der Waals surface area contributed by atoms with Gasteiger partial charge in [-0.1, -0.05) is 19.9 Å². The number of aliphatic hydroxyl groups is 1. The average Bonchev–Trinajstić information content (AvgIpc) is 2.26. The monoisotopic (exact) mass is 229 g/mol. The zero-order chi connectivity index (χ0) is 12.6. The molecular weight excluding hydrogens is 206 g/mol. The zero-order valence-electron chi connectivity index (χ0n) is 10.4. The molecule has 4 nitrogen and oxygen atoms in total. The zero-order valence-corrected chi connectivity index (χ0v) is 10.4. The number of hydrogen-bond donors (Lipinski definition) is 2. The molecule has 0 saturated heterocycles. The molecule has 0 fully saturated rings. The minimum absolute atomic E-state index is 0.108. The van der Waals surface area contributed by atoms with Crippen LogP contribution in [0.2, 0.25) is 0 Å². The molecule has 0 aliphatic rings. The van der Waals surface area contributed by atoms with Crippen molar-refractivity contribution in [1.82, 2.24) is 4.90 Å². The van der Waals surface area contributed by atoms with Gasteiger partial charge < -0.3 is 10.2 Å². The first kappa shape index (κ1) is 15.1. The van der Waals surface area contributed by atoms with Crippen molar-refractivity contribution >= 4 is 5.97 Å². The van der Waals surface area contributed by atoms with Gasteiger partial charge in [-0.25, -0.2) is 4.79 Å². The lowest BCUT2D eigenvalue weighted by molar-refractivity contribution is -0.132. The van der Waals surface area contributed by atoms with Crippen LogP contribution in [0.3, 0.4) is 0 Å². The Morgan fingerprint density at radius 3 is 2.31 bits per heavy atom. The number of carbonyl (C=O) groups is 1. The van der Waals surface area contributed by atoms with Crippen LogP contribution < -0.4 is 0 Å². The summed E-state index contributed by atoms with van der Waals surface area (Å²) in [6.45, 7) is 7.09. The Kier molecular flexibility index (Phi) is 7.85. The highest BCUT2D eigenvalue weighted by atomic mass is 16.4. The maximum Gasteiger partial charge on any atom is 0.330 e. The third-order valence-corrected chi connectivity index (χ3v) is 2.82. The third kappa shape index (κ3) is 5.28. The Morgan fingerprint density at radius 1 is 1.38 bits per heavy atom. The Morgan fingerprint density at radius 2 is 1.94 bits per heavy atom. The van der Waals surface area contributed by atoms with E-state index in [4.69, 9.17) is 10.2 Å². The van der Waals surface area contributed by atoms with E-state index in [1.165, 1.54) is 0 Å². The van der Waals surface area contributed by atoms with E-state index in [-0.39, 0.29) is 6.61 Å². The van der Waals surface area contributed by atoms with Crippen molar-refractivity contribution < 1.29 is 15.0 Å². The van der Waals surface area contributed by atoms with Gasteiger partial charge >= 0.3 is 5.97 Å². The fraction of sp³-hybridized carbons (Fsp3) is 0.750. The van der Waals surface area contributed by atoms with Crippen LogP contribution in [0.15, 0.2) is 11.6 Å². The molecule has 2 N–H and O–H groups in total. The van der Waals surface area contributed by atoms with E-state index in [0.717, 1.165) is 12.8 Å². The fourth-order valence-electron chi connectivity index (χ4n) is 1.70. The van der Waals surface area contributed by atoms with Crippen LogP contribution in [0.1, 0.15) is 33.6 Å². The number of carboxylic acid groups (broad SMARTS) is 1. The lowest BCUT2D eigenvalue weighted by Crippen LogP contribution is -2.37. The molecule has 94 valence electrons. The Balaban J connectivity index is 4.43. The van der Waals surface area contributed by atoms with E-state index in [1.54, 1.807) is 13.0 Å². The molecule has 0 aliphatic carbocycles. The molecule has 0 rings (SSSR count). The largest absolute Gasteiger partial charge is 0.478 e. The maximum absolute atomic E-state index is 10.6. The molecule has 4 heteroatoms. The highest BCUT2D eigenvalue weighted by Gasteiger charge is 2.13. The van der Waals surface area contributed by atoms with Gasteiger partial charge in [-0.3, -0.25) is 4.90 Å². The normalized spacial score (nSPS) is 12.5. The quantitative estimate of drug-likeness (QED) is 0.619. The summed E-state index contributed by atoms with van der Waals surface area (Å²) < 4.78 is 0. The lowest BCUT2D eigenvalue weighted by atomic mass is 10.1. The van der Waals surface area contributed by atoms with Crippen LogP contribution in [0, 0.1) is 0 Å². The predicted octanol–water partition coefficient (Wildman–Crippen LogP) is 1.50. The minimum atomic E-state index is -0.881. The Bertz CT molecular complexity index is 234. The van der Waals surface area contributed by atoms with Gasteiger partial charge in [-0.2, -0.15) is 0 Å². The van der Waals surface area contributed by atoms with Gasteiger partial charge in [-0.15, -0.1) is 0 Å². The summed E-state index contributed by atoms with van der Waals surface area (Å²) in [6, 6.07) is 0.407. The molecule has 0 radical (unpaired) electrons. The molecule has 0 heterocycles. The van der Waals surface area contributed by atoms with Gasteiger partial charge in [0, 0.05) is 24.7 Å². The van der Waals surface area contributed by atoms with E-state index in [2.05, 4.69) is 18.7 Å². The lowest BCUT2D eigenvalue weighted by Gasteiger charge is -2.28. The van der Waals surface area contributed by atoms with E-state index >= 15 is 0 Å². The van der Waals surface area contributed by atoms with Crippen LogP contribution in [-0.2, 0) is 4.79 Å². The Labute approximate surface area is 97.6 Å². The standard InChI is InChI=1S/C12H23NO3/c1-4-11(5-2)13(8-9-14)7-6-10(3)12(15)16/h6,11,14H,4-5,7-9H2,1-3H3,(H,15,16). The molecule has 0 spiro atoms.